The lowest BCUT2D eigenvalue weighted by Gasteiger charge is -2.51. The smallest absolute Gasteiger partial charge is 0.200 e. The van der Waals surface area contributed by atoms with Gasteiger partial charge in [0.25, 0.3) is 0 Å². The molecule has 0 atom stereocenters. The van der Waals surface area contributed by atoms with Gasteiger partial charge in [-0.2, -0.15) is 0 Å². The average Bonchev–Trinajstić information content (AvgIpc) is 1.70. The number of hydrogen-bond donors (Lipinski definition) is 0. The van der Waals surface area contributed by atoms with Crippen LogP contribution in [0, 0.1) is 41.5 Å². The lowest BCUT2D eigenvalue weighted by molar-refractivity contribution is -0.660. The predicted octanol–water partition coefficient (Wildman–Crippen LogP) is 23.7. The van der Waals surface area contributed by atoms with Crippen LogP contribution in [0.1, 0.15) is 133 Å². The van der Waals surface area contributed by atoms with Crippen molar-refractivity contribution in [3.8, 4) is 101 Å². The Morgan fingerprint density at radius 2 is 0.504 bits per heavy atom. The molecule has 4 aliphatic heterocycles. The fourth-order valence-electron chi connectivity index (χ4n) is 24.1. The summed E-state index contributed by atoms with van der Waals surface area (Å²) in [6, 6.07) is 114. The number of nitrogens with zero attached hydrogens (tertiary/aromatic N) is 3. The molecule has 3 nitrogen and oxygen atoms in total. The van der Waals surface area contributed by atoms with E-state index in [0.717, 1.165) is 0 Å². The normalized spacial score (nSPS) is 16.5. The lowest BCUT2D eigenvalue weighted by Crippen LogP contribution is -2.77. The summed E-state index contributed by atoms with van der Waals surface area (Å²) in [6.45, 7) is 28.8. The van der Waals surface area contributed by atoms with Crippen LogP contribution in [0.4, 0.5) is 0 Å². The number of hydrogen-bond acceptors (Lipinski definition) is 0. The molecule has 0 bridgehead atoms. The zero-order valence-corrected chi connectivity index (χ0v) is 80.7. The van der Waals surface area contributed by atoms with E-state index in [0.29, 0.717) is 0 Å². The standard InChI is InChI=1S/C43H46NSi.C39H40NSi.C36H38NSi2/c1-31-19-20-34(33-15-7-4-8-16-33)28-36(31)40-27-32(2)37(30-44(40)3)35-21-22-42-39(29-35)43(23-11-5-12-24-43)38-17-9-10-18-41(38)45(42)25-13-6-14-26-45;1-27-17-18-30(29-13-7-6-8-14-29)24-32(27)36-23-28(2)33(26-40(36)3)31-19-20-38-35(25-31)39(21-11-12-22-39)34-15-9-10-16-37(34)41(38,4)5;1-25-17-18-28(27-13-9-8-10-14-27)22-30(25)32-21-26(2)31(24-37(32)3)29-19-20-35-36(23-29)39(6,7)34-16-12-11-15-33(34)38(35,4)5/h4,7-10,15-22,27-30H,5-6,11-14,23-26H2,1-3H3;6-10,13-20,23-26H,11-12,21-22H2,1-5H3;8-24H,1-7H3/q3*+1. The number of aryl methyl sites for hydroxylation is 9. The van der Waals surface area contributed by atoms with E-state index >= 15 is 0 Å². The molecule has 0 N–H and O–H groups in total. The van der Waals surface area contributed by atoms with Crippen molar-refractivity contribution < 1.29 is 13.7 Å². The van der Waals surface area contributed by atoms with Gasteiger partial charge in [-0.3, -0.25) is 0 Å². The van der Waals surface area contributed by atoms with Crippen LogP contribution in [0.5, 0.6) is 0 Å². The molecule has 125 heavy (non-hydrogen) atoms. The minimum absolute atomic E-state index is 0.176. The molecule has 2 aliphatic carbocycles. The van der Waals surface area contributed by atoms with Gasteiger partial charge in [0.15, 0.2) is 18.6 Å². The van der Waals surface area contributed by atoms with Crippen molar-refractivity contribution in [3.63, 3.8) is 0 Å². The highest BCUT2D eigenvalue weighted by Crippen LogP contribution is 2.52. The SMILES string of the molecule is Cc1cc(-c2cc(-c3ccccc3)ccc2C)[n+](C)cc1-c1ccc2c(c1)C1(CCCC1)c1ccccc1[Si]2(C)C.Cc1cc(-c2cc(-c3ccccc3)ccc2C)[n+](C)cc1-c1ccc2c(c1)C1(CCCCC1)c1ccccc1[Si]21CCCCC1.Cc1cc(-c2cc(-c3ccccc3)ccc2C)[n+](C)cc1-c1ccc2c(c1)[Si](C)(C)c1ccccc1[Si]2(C)C. The second-order valence-electron chi connectivity index (χ2n) is 39.7. The number of rotatable bonds is 9. The zero-order chi connectivity index (χ0) is 86.5. The Balaban J connectivity index is 0.000000123. The van der Waals surface area contributed by atoms with Gasteiger partial charge in [0.05, 0.1) is 0 Å². The first-order valence-electron chi connectivity index (χ1n) is 46.6. The fourth-order valence-corrected chi connectivity index (χ4v) is 42.6. The Kier molecular flexibility index (Phi) is 22.1. The summed E-state index contributed by atoms with van der Waals surface area (Å²) in [5.74, 6) is 0. The van der Waals surface area contributed by atoms with Gasteiger partial charge in [-0.25, -0.2) is 13.7 Å². The maximum absolute atomic E-state index is 2.68. The van der Waals surface area contributed by atoms with Crippen LogP contribution in [0.15, 0.2) is 310 Å². The van der Waals surface area contributed by atoms with Crippen LogP contribution in [-0.2, 0) is 32.0 Å². The van der Waals surface area contributed by atoms with Gasteiger partial charge in [-0.15, -0.1) is 0 Å². The van der Waals surface area contributed by atoms with E-state index in [2.05, 4.69) is 425 Å². The van der Waals surface area contributed by atoms with Crippen molar-refractivity contribution in [2.75, 3.05) is 0 Å². The molecule has 3 spiro atoms. The number of fused-ring (bicyclic) bond motifs is 12. The second kappa shape index (κ2) is 33.1. The van der Waals surface area contributed by atoms with Crippen molar-refractivity contribution in [1.82, 2.24) is 0 Å². The maximum Gasteiger partial charge on any atom is 0.212 e. The molecule has 624 valence electrons. The largest absolute Gasteiger partial charge is 0.212 e. The predicted molar refractivity (Wildman–Crippen MR) is 541 cm³/mol. The molecule has 2 saturated carbocycles. The lowest BCUT2D eigenvalue weighted by atomic mass is 9.64. The van der Waals surface area contributed by atoms with Crippen LogP contribution < -0.4 is 55.2 Å². The molecule has 21 rings (SSSR count). The minimum atomic E-state index is -1.80. The molecule has 3 aromatic heterocycles. The molecule has 6 aliphatic rings. The third kappa shape index (κ3) is 14.6. The Hall–Kier alpha value is -11.0. The van der Waals surface area contributed by atoms with Gasteiger partial charge in [-0.1, -0.05) is 382 Å². The quantitative estimate of drug-likeness (QED) is 0.101. The topological polar surface area (TPSA) is 11.6 Å². The Labute approximate surface area is 749 Å². The summed E-state index contributed by atoms with van der Waals surface area (Å²) in [5.41, 5.74) is 38.3. The summed E-state index contributed by atoms with van der Waals surface area (Å²) in [5, 5.41) is 13.4. The van der Waals surface area contributed by atoms with Gasteiger partial charge in [-0.05, 0) is 208 Å². The zero-order valence-electron chi connectivity index (χ0n) is 76.7. The molecule has 7 heteroatoms. The molecular formula is C118H124N3Si4+3. The van der Waals surface area contributed by atoms with Gasteiger partial charge in [0, 0.05) is 62.4 Å². The highest BCUT2D eigenvalue weighted by molar-refractivity contribution is 7.16. The first-order valence-corrected chi connectivity index (χ1v) is 58.1. The van der Waals surface area contributed by atoms with E-state index in [1.807, 2.05) is 0 Å². The maximum atomic E-state index is 2.68. The van der Waals surface area contributed by atoms with Crippen molar-refractivity contribution in [2.45, 2.75) is 181 Å². The van der Waals surface area contributed by atoms with E-state index in [4.69, 9.17) is 0 Å². The van der Waals surface area contributed by atoms with Gasteiger partial charge < -0.3 is 0 Å². The first-order chi connectivity index (χ1) is 60.4. The van der Waals surface area contributed by atoms with Crippen LogP contribution in [0.25, 0.3) is 101 Å². The van der Waals surface area contributed by atoms with E-state index in [1.165, 1.54) is 223 Å². The van der Waals surface area contributed by atoms with E-state index in [1.54, 1.807) is 63.7 Å². The first kappa shape index (κ1) is 83.5. The molecule has 7 heterocycles. The minimum Gasteiger partial charge on any atom is -0.200 e. The van der Waals surface area contributed by atoms with Crippen molar-refractivity contribution in [2.24, 2.45) is 21.1 Å². The molecule has 15 aromatic rings. The summed E-state index contributed by atoms with van der Waals surface area (Å²) < 4.78 is 7.01. The Morgan fingerprint density at radius 1 is 0.216 bits per heavy atom. The van der Waals surface area contributed by atoms with E-state index in [-0.39, 0.29) is 10.8 Å². The van der Waals surface area contributed by atoms with E-state index < -0.39 is 32.3 Å². The Bertz CT molecular complexity index is 6690. The molecule has 1 saturated heterocycles. The molecular weight excluding hydrogens is 1570 g/mol. The third-order valence-corrected chi connectivity index (χ3v) is 47.6. The van der Waals surface area contributed by atoms with Crippen LogP contribution >= 0.6 is 0 Å². The van der Waals surface area contributed by atoms with Gasteiger partial charge in [0.2, 0.25) is 17.1 Å². The van der Waals surface area contributed by atoms with Crippen molar-refractivity contribution in [1.29, 1.82) is 0 Å². The highest BCUT2D eigenvalue weighted by atomic mass is 28.3. The number of pyridine rings is 3. The average molecular weight is 1700 g/mol. The highest BCUT2D eigenvalue weighted by Gasteiger charge is 2.53. The van der Waals surface area contributed by atoms with Crippen LogP contribution in [0.2, 0.25) is 51.4 Å². The van der Waals surface area contributed by atoms with Crippen LogP contribution in [0.3, 0.4) is 0 Å². The fraction of sp³-hybridized carbons (Fsp3) is 0.263. The summed E-state index contributed by atoms with van der Waals surface area (Å²) in [6.07, 6.45) is 23.2. The third-order valence-electron chi connectivity index (χ3n) is 31.1. The van der Waals surface area contributed by atoms with Crippen molar-refractivity contribution >= 4 is 73.8 Å². The summed E-state index contributed by atoms with van der Waals surface area (Å²) in [4.78, 5) is 0. The number of aromatic nitrogens is 3. The Morgan fingerprint density at radius 3 is 0.928 bits per heavy atom. The van der Waals surface area contributed by atoms with Gasteiger partial charge in [0.1, 0.15) is 53.4 Å². The van der Waals surface area contributed by atoms with Gasteiger partial charge >= 0.3 is 0 Å². The summed E-state index contributed by atoms with van der Waals surface area (Å²) in [7, 11) is -0.444. The molecule has 12 aromatic carbocycles. The second-order valence-corrected chi connectivity index (χ2v) is 56.9. The summed E-state index contributed by atoms with van der Waals surface area (Å²) >= 11 is 0. The molecule has 3 fully saturated rings. The van der Waals surface area contributed by atoms with Crippen LogP contribution in [-0.4, -0.2) is 32.3 Å². The van der Waals surface area contributed by atoms with E-state index in [9.17, 15) is 0 Å². The number of benzene rings is 12. The molecule has 0 radical (unpaired) electrons. The molecule has 0 amide bonds. The molecule has 0 unspecified atom stereocenters. The monoisotopic (exact) mass is 1690 g/mol. The van der Waals surface area contributed by atoms with Crippen molar-refractivity contribution in [3.05, 3.63) is 365 Å².